The van der Waals surface area contributed by atoms with Crippen LogP contribution in [0.5, 0.6) is 5.75 Å². The maximum atomic E-state index is 12.1. The van der Waals surface area contributed by atoms with Gasteiger partial charge in [0.2, 0.25) is 0 Å². The molecule has 0 fully saturated rings. The third kappa shape index (κ3) is 4.52. The molecular formula is C18H15BrO5. The van der Waals surface area contributed by atoms with Crippen molar-refractivity contribution in [3.63, 3.8) is 0 Å². The van der Waals surface area contributed by atoms with Crippen molar-refractivity contribution in [2.75, 3.05) is 12.4 Å². The molecule has 0 N–H and O–H groups in total. The molecule has 0 amide bonds. The third-order valence-corrected chi connectivity index (χ3v) is 3.75. The second kappa shape index (κ2) is 8.40. The summed E-state index contributed by atoms with van der Waals surface area (Å²) in [5, 5.41) is 0.126. The minimum Gasteiger partial charge on any atom is -0.465 e. The van der Waals surface area contributed by atoms with Crippen LogP contribution >= 0.6 is 15.9 Å². The number of rotatable bonds is 6. The summed E-state index contributed by atoms with van der Waals surface area (Å²) in [6, 6.07) is 13.4. The average Bonchev–Trinajstić information content (AvgIpc) is 2.61. The quantitative estimate of drug-likeness (QED) is 0.327. The number of ketones is 1. The third-order valence-electron chi connectivity index (χ3n) is 3.24. The zero-order chi connectivity index (χ0) is 17.5. The Labute approximate surface area is 147 Å². The van der Waals surface area contributed by atoms with E-state index >= 15 is 0 Å². The van der Waals surface area contributed by atoms with Crippen LogP contribution < -0.4 is 4.74 Å². The molecule has 2 aromatic rings. The predicted molar refractivity (Wildman–Crippen MR) is 91.7 cm³/mol. The highest BCUT2D eigenvalue weighted by molar-refractivity contribution is 9.09. The van der Waals surface area contributed by atoms with Crippen LogP contribution in [0.25, 0.3) is 0 Å². The van der Waals surface area contributed by atoms with Crippen molar-refractivity contribution in [3.05, 3.63) is 65.2 Å². The fourth-order valence-corrected chi connectivity index (χ4v) is 2.38. The smallest absolute Gasteiger partial charge is 0.341 e. The number of halogens is 1. The molecule has 6 heteroatoms. The van der Waals surface area contributed by atoms with Gasteiger partial charge in [0.1, 0.15) is 11.3 Å². The lowest BCUT2D eigenvalue weighted by atomic mass is 10.1. The fourth-order valence-electron chi connectivity index (χ4n) is 2.06. The summed E-state index contributed by atoms with van der Waals surface area (Å²) in [7, 11) is 1.22. The van der Waals surface area contributed by atoms with Gasteiger partial charge < -0.3 is 9.47 Å². The molecule has 2 rings (SSSR count). The minimum atomic E-state index is -0.679. The average molecular weight is 391 g/mol. The van der Waals surface area contributed by atoms with Gasteiger partial charge in [-0.3, -0.25) is 9.59 Å². The molecule has 0 aliphatic carbocycles. The van der Waals surface area contributed by atoms with E-state index in [1.807, 2.05) is 18.2 Å². The van der Waals surface area contributed by atoms with Gasteiger partial charge in [-0.2, -0.15) is 0 Å². The van der Waals surface area contributed by atoms with Crippen LogP contribution in [-0.2, 0) is 16.0 Å². The SMILES string of the molecule is COC(=O)c1cc(C(=O)CBr)ccc1OC(=O)Cc1ccccc1. The summed E-state index contributed by atoms with van der Waals surface area (Å²) >= 11 is 3.07. The molecule has 0 bridgehead atoms. The van der Waals surface area contributed by atoms with Gasteiger partial charge in [-0.05, 0) is 23.8 Å². The van der Waals surface area contributed by atoms with Gasteiger partial charge in [0.05, 0.1) is 18.9 Å². The molecule has 0 unspecified atom stereocenters. The van der Waals surface area contributed by atoms with Crippen LogP contribution in [0.4, 0.5) is 0 Å². The van der Waals surface area contributed by atoms with Gasteiger partial charge >= 0.3 is 11.9 Å². The molecular weight excluding hydrogens is 376 g/mol. The van der Waals surface area contributed by atoms with Gasteiger partial charge in [-0.15, -0.1) is 0 Å². The lowest BCUT2D eigenvalue weighted by molar-refractivity contribution is -0.133. The summed E-state index contributed by atoms with van der Waals surface area (Å²) in [6.07, 6.45) is 0.0730. The second-order valence-electron chi connectivity index (χ2n) is 4.90. The van der Waals surface area contributed by atoms with Crippen LogP contribution in [0.1, 0.15) is 26.3 Å². The van der Waals surface area contributed by atoms with Crippen molar-refractivity contribution < 1.29 is 23.9 Å². The van der Waals surface area contributed by atoms with Crippen LogP contribution in [0.15, 0.2) is 48.5 Å². The molecule has 0 radical (unpaired) electrons. The molecule has 0 aliphatic rings. The number of esters is 2. The van der Waals surface area contributed by atoms with E-state index < -0.39 is 11.9 Å². The van der Waals surface area contributed by atoms with Crippen molar-refractivity contribution in [1.82, 2.24) is 0 Å². The monoisotopic (exact) mass is 390 g/mol. The number of carbonyl (C=O) groups is 3. The van der Waals surface area contributed by atoms with Crippen LogP contribution in [0.3, 0.4) is 0 Å². The molecule has 0 aliphatic heterocycles. The number of hydrogen-bond acceptors (Lipinski definition) is 5. The first-order chi connectivity index (χ1) is 11.5. The Morgan fingerprint density at radius 2 is 1.75 bits per heavy atom. The number of Topliss-reactive ketones (excluding diaryl/α,β-unsaturated/α-hetero) is 1. The van der Waals surface area contributed by atoms with Gasteiger partial charge in [0.25, 0.3) is 0 Å². The van der Waals surface area contributed by atoms with Gasteiger partial charge in [0, 0.05) is 5.56 Å². The Kier molecular flexibility index (Phi) is 6.26. The number of methoxy groups -OCH3 is 1. The van der Waals surface area contributed by atoms with E-state index in [1.165, 1.54) is 25.3 Å². The van der Waals surface area contributed by atoms with E-state index in [1.54, 1.807) is 12.1 Å². The Morgan fingerprint density at radius 1 is 1.04 bits per heavy atom. The Bertz CT molecular complexity index is 755. The van der Waals surface area contributed by atoms with E-state index in [-0.39, 0.29) is 28.8 Å². The van der Waals surface area contributed by atoms with E-state index in [9.17, 15) is 14.4 Å². The summed E-state index contributed by atoms with van der Waals surface area (Å²) in [4.78, 5) is 35.7. The standard InChI is InChI=1S/C18H15BrO5/c1-23-18(22)14-10-13(15(20)11-19)7-8-16(14)24-17(21)9-12-5-3-2-4-6-12/h2-8,10H,9,11H2,1H3. The Morgan fingerprint density at radius 3 is 2.38 bits per heavy atom. The Balaban J connectivity index is 2.23. The molecule has 5 nitrogen and oxygen atoms in total. The normalized spacial score (nSPS) is 10.1. The first-order valence-corrected chi connectivity index (χ1v) is 8.23. The fraction of sp³-hybridized carbons (Fsp3) is 0.167. The Hall–Kier alpha value is -2.47. The number of ether oxygens (including phenoxy) is 2. The molecule has 0 aromatic heterocycles. The van der Waals surface area contributed by atoms with E-state index in [2.05, 4.69) is 15.9 Å². The van der Waals surface area contributed by atoms with Gasteiger partial charge in [-0.25, -0.2) is 4.79 Å². The molecule has 0 saturated carbocycles. The first-order valence-electron chi connectivity index (χ1n) is 7.11. The second-order valence-corrected chi connectivity index (χ2v) is 5.46. The predicted octanol–water partition coefficient (Wildman–Crippen LogP) is 3.20. The lowest BCUT2D eigenvalue weighted by Crippen LogP contribution is -2.15. The highest BCUT2D eigenvalue weighted by Gasteiger charge is 2.18. The maximum Gasteiger partial charge on any atom is 0.341 e. The van der Waals surface area contributed by atoms with E-state index in [0.29, 0.717) is 5.56 Å². The van der Waals surface area contributed by atoms with Crippen molar-refractivity contribution in [1.29, 1.82) is 0 Å². The van der Waals surface area contributed by atoms with E-state index in [0.717, 1.165) is 5.56 Å². The highest BCUT2D eigenvalue weighted by Crippen LogP contribution is 2.22. The lowest BCUT2D eigenvalue weighted by Gasteiger charge is -2.10. The van der Waals surface area contributed by atoms with Crippen LogP contribution in [0.2, 0.25) is 0 Å². The van der Waals surface area contributed by atoms with Crippen LogP contribution in [-0.4, -0.2) is 30.2 Å². The molecule has 0 atom stereocenters. The van der Waals surface area contributed by atoms with Crippen molar-refractivity contribution >= 4 is 33.7 Å². The first kappa shape index (κ1) is 17.9. The van der Waals surface area contributed by atoms with Crippen molar-refractivity contribution in [2.45, 2.75) is 6.42 Å². The van der Waals surface area contributed by atoms with Gasteiger partial charge in [-0.1, -0.05) is 46.3 Å². The molecule has 0 saturated heterocycles. The molecule has 2 aromatic carbocycles. The summed E-state index contributed by atoms with van der Waals surface area (Å²) in [6.45, 7) is 0. The van der Waals surface area contributed by atoms with Crippen LogP contribution in [0, 0.1) is 0 Å². The summed E-state index contributed by atoms with van der Waals surface area (Å²) in [5.74, 6) is -1.32. The molecule has 0 heterocycles. The number of carbonyl (C=O) groups excluding carboxylic acids is 3. The van der Waals surface area contributed by atoms with E-state index in [4.69, 9.17) is 9.47 Å². The van der Waals surface area contributed by atoms with Crippen molar-refractivity contribution in [3.8, 4) is 5.75 Å². The number of benzene rings is 2. The van der Waals surface area contributed by atoms with Crippen molar-refractivity contribution in [2.24, 2.45) is 0 Å². The molecule has 124 valence electrons. The molecule has 24 heavy (non-hydrogen) atoms. The molecule has 0 spiro atoms. The largest absolute Gasteiger partial charge is 0.465 e. The van der Waals surface area contributed by atoms with Gasteiger partial charge in [0.15, 0.2) is 5.78 Å². The zero-order valence-electron chi connectivity index (χ0n) is 13.0. The number of alkyl halides is 1. The minimum absolute atomic E-state index is 0.0331. The summed E-state index contributed by atoms with van der Waals surface area (Å²) in [5.41, 5.74) is 1.16. The zero-order valence-corrected chi connectivity index (χ0v) is 14.5. The highest BCUT2D eigenvalue weighted by atomic mass is 79.9. The number of hydrogen-bond donors (Lipinski definition) is 0. The topological polar surface area (TPSA) is 69.7 Å². The summed E-state index contributed by atoms with van der Waals surface area (Å²) < 4.78 is 9.97. The maximum absolute atomic E-state index is 12.1.